The maximum absolute atomic E-state index is 12.8. The van der Waals surface area contributed by atoms with Gasteiger partial charge < -0.3 is 14.2 Å². The average Bonchev–Trinajstić information content (AvgIpc) is 3.27. The Labute approximate surface area is 382 Å². The quantitative estimate of drug-likeness (QED) is 0.0347. The highest BCUT2D eigenvalue weighted by Crippen LogP contribution is 2.12. The maximum Gasteiger partial charge on any atom is 0.306 e. The monoisotopic (exact) mass is 857 g/mol. The van der Waals surface area contributed by atoms with Crippen molar-refractivity contribution in [3.63, 3.8) is 0 Å². The lowest BCUT2D eigenvalue weighted by Crippen LogP contribution is -2.30. The lowest BCUT2D eigenvalue weighted by Gasteiger charge is -2.18. The van der Waals surface area contributed by atoms with Crippen LogP contribution in [0.1, 0.15) is 201 Å². The van der Waals surface area contributed by atoms with E-state index in [0.29, 0.717) is 19.4 Å². The molecule has 5 heteroatoms. The Balaban J connectivity index is 4.41. The number of rotatable bonds is 44. The van der Waals surface area contributed by atoms with Gasteiger partial charge in [-0.2, -0.15) is 0 Å². The smallest absolute Gasteiger partial charge is 0.306 e. The molecule has 0 radical (unpaired) electrons. The minimum atomic E-state index is -0.585. The van der Waals surface area contributed by atoms with E-state index in [9.17, 15) is 9.59 Å². The Bertz CT molecular complexity index is 1290. The predicted octanol–water partition coefficient (Wildman–Crippen LogP) is 17.0. The highest BCUT2D eigenvalue weighted by molar-refractivity contribution is 5.70. The van der Waals surface area contributed by atoms with Gasteiger partial charge in [-0.05, 0) is 103 Å². The number of ether oxygens (including phenoxy) is 3. The molecule has 5 nitrogen and oxygen atoms in total. The summed E-state index contributed by atoms with van der Waals surface area (Å²) in [6.07, 6.45) is 72.1. The highest BCUT2D eigenvalue weighted by atomic mass is 16.6. The van der Waals surface area contributed by atoms with Gasteiger partial charge in [-0.3, -0.25) is 9.59 Å². The molecule has 350 valence electrons. The molecule has 62 heavy (non-hydrogen) atoms. The van der Waals surface area contributed by atoms with Gasteiger partial charge >= 0.3 is 11.9 Å². The summed E-state index contributed by atoms with van der Waals surface area (Å²) in [5.74, 6) is -0.509. The van der Waals surface area contributed by atoms with Crippen LogP contribution in [0.5, 0.6) is 0 Å². The summed E-state index contributed by atoms with van der Waals surface area (Å²) in [6.45, 7) is 7.48. The lowest BCUT2D eigenvalue weighted by atomic mass is 10.1. The summed E-state index contributed by atoms with van der Waals surface area (Å²) >= 11 is 0. The molecule has 0 aliphatic heterocycles. The third-order valence-electron chi connectivity index (χ3n) is 9.99. The Morgan fingerprint density at radius 3 is 1.19 bits per heavy atom. The first kappa shape index (κ1) is 58.3. The highest BCUT2D eigenvalue weighted by Gasteiger charge is 2.17. The second-order valence-corrected chi connectivity index (χ2v) is 16.0. The van der Waals surface area contributed by atoms with E-state index < -0.39 is 6.10 Å². The standard InChI is InChI=1S/C57H92O5/c1-4-7-10-13-16-19-22-24-26-28-29-31-32-34-36-38-41-44-47-50-56(58)61-54-55(53-60-52-49-46-43-40-21-18-15-12-9-6-3)62-57(59)51-48-45-42-39-37-35-33-30-27-25-23-20-17-14-11-8-5-2/h7-8,10-11,16-17,19-20,24-27,29,31,33-36,39,42,55H,4-6,9,12-15,18,21-23,28,30,32,37-38,40-41,43-54H2,1-3H3/b10-7-,11-8-,19-16-,20-17-,26-24-,27-25-,31-29-,35-33-,36-34-,42-39-. The van der Waals surface area contributed by atoms with Crippen LogP contribution < -0.4 is 0 Å². The van der Waals surface area contributed by atoms with E-state index in [0.717, 1.165) is 116 Å². The first-order valence-corrected chi connectivity index (χ1v) is 25.1. The summed E-state index contributed by atoms with van der Waals surface area (Å²) in [7, 11) is 0. The number of unbranched alkanes of at least 4 members (excludes halogenated alkanes) is 13. The van der Waals surface area contributed by atoms with Crippen LogP contribution in [0.25, 0.3) is 0 Å². The number of allylic oxidation sites excluding steroid dienone is 20. The zero-order chi connectivity index (χ0) is 44.9. The van der Waals surface area contributed by atoms with Gasteiger partial charge in [0.15, 0.2) is 6.10 Å². The summed E-state index contributed by atoms with van der Waals surface area (Å²) in [5, 5.41) is 0. The number of hydrogen-bond acceptors (Lipinski definition) is 5. The average molecular weight is 857 g/mol. The van der Waals surface area contributed by atoms with Crippen molar-refractivity contribution in [3.8, 4) is 0 Å². The molecule has 0 fully saturated rings. The number of esters is 2. The fourth-order valence-corrected chi connectivity index (χ4v) is 6.34. The molecule has 0 rings (SSSR count). The van der Waals surface area contributed by atoms with Gasteiger partial charge in [0.1, 0.15) is 6.61 Å². The second-order valence-electron chi connectivity index (χ2n) is 16.0. The first-order chi connectivity index (χ1) is 30.6. The number of carbonyl (C=O) groups is 2. The van der Waals surface area contributed by atoms with Gasteiger partial charge in [0.05, 0.1) is 6.61 Å². The lowest BCUT2D eigenvalue weighted by molar-refractivity contribution is -0.162. The van der Waals surface area contributed by atoms with Crippen molar-refractivity contribution in [1.29, 1.82) is 0 Å². The Morgan fingerprint density at radius 1 is 0.371 bits per heavy atom. The van der Waals surface area contributed by atoms with Gasteiger partial charge in [-0.15, -0.1) is 0 Å². The van der Waals surface area contributed by atoms with Gasteiger partial charge in [-0.1, -0.05) is 206 Å². The van der Waals surface area contributed by atoms with E-state index >= 15 is 0 Å². The van der Waals surface area contributed by atoms with Gasteiger partial charge in [0, 0.05) is 19.4 Å². The van der Waals surface area contributed by atoms with E-state index in [1.165, 1.54) is 51.4 Å². The van der Waals surface area contributed by atoms with Crippen molar-refractivity contribution in [2.75, 3.05) is 19.8 Å². The summed E-state index contributed by atoms with van der Waals surface area (Å²) in [4.78, 5) is 25.3. The van der Waals surface area contributed by atoms with Crippen LogP contribution in [-0.2, 0) is 23.8 Å². The Kier molecular flexibility index (Phi) is 48.6. The summed E-state index contributed by atoms with van der Waals surface area (Å²) in [5.41, 5.74) is 0. The topological polar surface area (TPSA) is 61.8 Å². The fraction of sp³-hybridized carbons (Fsp3) is 0.614. The van der Waals surface area contributed by atoms with Crippen LogP contribution in [0.4, 0.5) is 0 Å². The van der Waals surface area contributed by atoms with Gasteiger partial charge in [0.2, 0.25) is 0 Å². The van der Waals surface area contributed by atoms with E-state index in [1.807, 2.05) is 0 Å². The van der Waals surface area contributed by atoms with Crippen LogP contribution in [0, 0.1) is 0 Å². The van der Waals surface area contributed by atoms with Crippen LogP contribution in [0.2, 0.25) is 0 Å². The van der Waals surface area contributed by atoms with E-state index in [2.05, 4.69) is 142 Å². The second kappa shape index (κ2) is 51.6. The molecule has 0 N–H and O–H groups in total. The van der Waals surface area contributed by atoms with E-state index in [1.54, 1.807) is 0 Å². The molecule has 0 spiro atoms. The minimum absolute atomic E-state index is 0.0391. The summed E-state index contributed by atoms with van der Waals surface area (Å²) in [6, 6.07) is 0. The van der Waals surface area contributed by atoms with Crippen molar-refractivity contribution in [1.82, 2.24) is 0 Å². The largest absolute Gasteiger partial charge is 0.462 e. The Hall–Kier alpha value is -3.70. The predicted molar refractivity (Wildman–Crippen MR) is 269 cm³/mol. The molecule has 0 aliphatic rings. The molecule has 0 saturated heterocycles. The SMILES string of the molecule is CC/C=C\C/C=C\C/C=C\C/C=C\C/C=C\CCCCCC(=O)OCC(COCCCCCCCCCCCC)OC(=O)CCC/C=C\C/C=C\C/C=C\C/C=C\C/C=C\CC. The van der Waals surface area contributed by atoms with Crippen molar-refractivity contribution in [2.24, 2.45) is 0 Å². The molecule has 1 unspecified atom stereocenters. The first-order valence-electron chi connectivity index (χ1n) is 25.1. The summed E-state index contributed by atoms with van der Waals surface area (Å²) < 4.78 is 17.3. The molecule has 1 atom stereocenters. The molecule has 0 aromatic rings. The molecule has 0 bridgehead atoms. The normalized spacial score (nSPS) is 13.3. The van der Waals surface area contributed by atoms with Gasteiger partial charge in [0.25, 0.3) is 0 Å². The molecule has 0 aromatic carbocycles. The zero-order valence-electron chi connectivity index (χ0n) is 40.1. The molecule has 0 aliphatic carbocycles. The third kappa shape index (κ3) is 49.0. The van der Waals surface area contributed by atoms with Crippen LogP contribution >= 0.6 is 0 Å². The van der Waals surface area contributed by atoms with E-state index in [-0.39, 0.29) is 25.2 Å². The zero-order valence-corrected chi connectivity index (χ0v) is 40.1. The molecule has 0 saturated carbocycles. The van der Waals surface area contributed by atoms with Crippen LogP contribution in [-0.4, -0.2) is 37.9 Å². The van der Waals surface area contributed by atoms with Crippen molar-refractivity contribution >= 4 is 11.9 Å². The fourth-order valence-electron chi connectivity index (χ4n) is 6.34. The molecular weight excluding hydrogens is 765 g/mol. The molecule has 0 heterocycles. The van der Waals surface area contributed by atoms with Gasteiger partial charge in [-0.25, -0.2) is 0 Å². The van der Waals surface area contributed by atoms with Crippen LogP contribution in [0.3, 0.4) is 0 Å². The Morgan fingerprint density at radius 2 is 0.742 bits per heavy atom. The minimum Gasteiger partial charge on any atom is -0.462 e. The molecule has 0 aromatic heterocycles. The molecule has 0 amide bonds. The molecular formula is C57H92O5. The van der Waals surface area contributed by atoms with Crippen molar-refractivity contribution in [2.45, 2.75) is 207 Å². The van der Waals surface area contributed by atoms with Crippen molar-refractivity contribution < 1.29 is 23.8 Å². The van der Waals surface area contributed by atoms with E-state index in [4.69, 9.17) is 14.2 Å². The van der Waals surface area contributed by atoms with Crippen molar-refractivity contribution in [3.05, 3.63) is 122 Å². The third-order valence-corrected chi connectivity index (χ3v) is 9.99. The number of carbonyl (C=O) groups excluding carboxylic acids is 2. The van der Waals surface area contributed by atoms with Crippen LogP contribution in [0.15, 0.2) is 122 Å². The number of hydrogen-bond donors (Lipinski definition) is 0. The maximum atomic E-state index is 12.8.